The van der Waals surface area contributed by atoms with E-state index in [1.54, 1.807) is 55.5 Å². The fraction of sp³-hybridized carbons (Fsp3) is 0.296. The Kier molecular flexibility index (Phi) is 15.4. The number of thioether (sulfide) groups is 2. The van der Waals surface area contributed by atoms with Gasteiger partial charge in [-0.2, -0.15) is 0 Å². The molecule has 1 saturated heterocycles. The number of nitrogens with zero attached hydrogens (tertiary/aromatic N) is 1. The highest BCUT2D eigenvalue weighted by atomic mass is 32.2. The van der Waals surface area contributed by atoms with Crippen LogP contribution in [0.3, 0.4) is 0 Å². The zero-order valence-corrected chi connectivity index (χ0v) is 43.5. The van der Waals surface area contributed by atoms with Crippen molar-refractivity contribution in [3.63, 3.8) is 0 Å². The van der Waals surface area contributed by atoms with E-state index >= 15 is 0 Å². The minimum atomic E-state index is -1.54. The largest absolute Gasteiger partial charge is 0.456 e. The van der Waals surface area contributed by atoms with Gasteiger partial charge in [0, 0.05) is 96.8 Å². The summed E-state index contributed by atoms with van der Waals surface area (Å²) in [5, 5.41) is 5.29. The Morgan fingerprint density at radius 3 is 2.16 bits per heavy atom. The molecule has 1 aromatic heterocycles. The predicted molar refractivity (Wildman–Crippen MR) is 272 cm³/mol. The summed E-state index contributed by atoms with van der Waals surface area (Å²) in [7, 11) is 0. The van der Waals surface area contributed by atoms with Crippen molar-refractivity contribution >= 4 is 87.9 Å². The van der Waals surface area contributed by atoms with Gasteiger partial charge in [0.2, 0.25) is 12.7 Å². The van der Waals surface area contributed by atoms with Crippen LogP contribution in [0.2, 0.25) is 0 Å². The molecule has 0 saturated carbocycles. The van der Waals surface area contributed by atoms with E-state index in [0.29, 0.717) is 44.5 Å². The molecule has 4 aromatic carbocycles. The Bertz CT molecular complexity index is 3390. The van der Waals surface area contributed by atoms with Gasteiger partial charge in [-0.15, -0.1) is 23.5 Å². The second-order valence-electron chi connectivity index (χ2n) is 17.9. The number of fused-ring (bicyclic) bond motifs is 8. The van der Waals surface area contributed by atoms with Crippen LogP contribution in [-0.2, 0) is 53.4 Å². The third kappa shape index (κ3) is 10.9. The number of ketones is 1. The number of esters is 6. The zero-order valence-electron chi connectivity index (χ0n) is 41.9. The van der Waals surface area contributed by atoms with Crippen LogP contribution in [-0.4, -0.2) is 101 Å². The van der Waals surface area contributed by atoms with Gasteiger partial charge in [-0.3, -0.25) is 43.8 Å². The SMILES string of the molecule is CCCC(=O)Oc1cc2oc(=O)c(C(=O)NCCC(=O)CNC3C(=O)N4C(C(=O)OCOC(C)=O)=C(CSc5ccc6c(c5)C(=O)OC65c6ccc(OC(C)=O)cc6Oc6cc(OC(C)=O)ccc65)CSC34)cc2cc1C. The van der Waals surface area contributed by atoms with Gasteiger partial charge in [-0.1, -0.05) is 13.0 Å². The number of carbonyl (C=O) groups excluding carboxylic acids is 9. The van der Waals surface area contributed by atoms with Crippen LogP contribution in [0.5, 0.6) is 28.7 Å². The number of hydrogen-bond acceptors (Lipinski definition) is 21. The van der Waals surface area contributed by atoms with Gasteiger partial charge < -0.3 is 42.9 Å². The number of rotatable bonds is 18. The first-order valence-electron chi connectivity index (χ1n) is 24.0. The lowest BCUT2D eigenvalue weighted by Crippen LogP contribution is -2.70. The molecule has 2 amide bonds. The van der Waals surface area contributed by atoms with Crippen LogP contribution in [0.15, 0.2) is 98.2 Å². The molecule has 23 heteroatoms. The summed E-state index contributed by atoms with van der Waals surface area (Å²) in [5.74, 6) is -4.14. The molecule has 77 heavy (non-hydrogen) atoms. The molecule has 4 aliphatic rings. The summed E-state index contributed by atoms with van der Waals surface area (Å²) in [6.07, 6.45) is 0.647. The van der Waals surface area contributed by atoms with Gasteiger partial charge in [0.1, 0.15) is 62.8 Å². The first-order valence-corrected chi connectivity index (χ1v) is 26.0. The van der Waals surface area contributed by atoms with Crippen LogP contribution in [0.1, 0.15) is 89.9 Å². The van der Waals surface area contributed by atoms with Crippen molar-refractivity contribution in [1.82, 2.24) is 15.5 Å². The number of Topliss-reactive ketones (excluding diaryl/α,β-unsaturated/α-hetero) is 1. The van der Waals surface area contributed by atoms with Crippen LogP contribution in [0, 0.1) is 6.92 Å². The smallest absolute Gasteiger partial charge is 0.357 e. The van der Waals surface area contributed by atoms with Crippen LogP contribution in [0.25, 0.3) is 11.0 Å². The number of nitrogens with one attached hydrogen (secondary N) is 2. The average molecular weight is 1090 g/mol. The molecule has 4 aliphatic heterocycles. The number of aryl methyl sites for hydroxylation is 1. The molecular formula is C54H47N3O18S2. The van der Waals surface area contributed by atoms with Gasteiger partial charge in [0.15, 0.2) is 5.60 Å². The summed E-state index contributed by atoms with van der Waals surface area (Å²) in [5.41, 5.74) is -0.0956. The van der Waals surface area contributed by atoms with Gasteiger partial charge >= 0.3 is 41.4 Å². The fourth-order valence-corrected chi connectivity index (χ4v) is 11.5. The number of amides is 2. The maximum Gasteiger partial charge on any atom is 0.357 e. The van der Waals surface area contributed by atoms with Gasteiger partial charge in [0.25, 0.3) is 5.91 Å². The van der Waals surface area contributed by atoms with E-state index in [-0.39, 0.29) is 94.4 Å². The lowest BCUT2D eigenvalue weighted by molar-refractivity contribution is -0.166. The number of ether oxygens (including phenoxy) is 7. The molecule has 0 bridgehead atoms. The molecule has 1 spiro atoms. The highest BCUT2D eigenvalue weighted by Crippen LogP contribution is 2.57. The molecule has 1 fully saturated rings. The van der Waals surface area contributed by atoms with Gasteiger partial charge in [-0.05, 0) is 73.0 Å². The third-order valence-corrected chi connectivity index (χ3v) is 14.9. The van der Waals surface area contributed by atoms with Crippen molar-refractivity contribution in [2.45, 2.75) is 75.8 Å². The molecule has 0 radical (unpaired) electrons. The molecule has 9 rings (SSSR count). The lowest BCUT2D eigenvalue weighted by Gasteiger charge is -2.50. The van der Waals surface area contributed by atoms with E-state index in [1.807, 2.05) is 6.92 Å². The lowest BCUT2D eigenvalue weighted by atomic mass is 9.77. The third-order valence-electron chi connectivity index (χ3n) is 12.5. The van der Waals surface area contributed by atoms with Crippen LogP contribution in [0.4, 0.5) is 0 Å². The Hall–Kier alpha value is -8.28. The van der Waals surface area contributed by atoms with Gasteiger partial charge in [0.05, 0.1) is 12.1 Å². The van der Waals surface area contributed by atoms with Crippen molar-refractivity contribution in [2.75, 3.05) is 31.4 Å². The quantitative estimate of drug-likeness (QED) is 0.0258. The van der Waals surface area contributed by atoms with E-state index in [1.165, 1.54) is 66.5 Å². The topological polar surface area (TPSA) is 276 Å². The molecule has 2 unspecified atom stereocenters. The Labute approximate surface area is 446 Å². The number of benzene rings is 4. The molecular weight excluding hydrogens is 1040 g/mol. The van der Waals surface area contributed by atoms with E-state index in [2.05, 4.69) is 10.6 Å². The van der Waals surface area contributed by atoms with Crippen molar-refractivity contribution in [2.24, 2.45) is 0 Å². The molecule has 5 aromatic rings. The molecule has 0 aliphatic carbocycles. The number of carbonyl (C=O) groups is 9. The molecule has 5 heterocycles. The van der Waals surface area contributed by atoms with E-state index in [9.17, 15) is 47.9 Å². The predicted octanol–water partition coefficient (Wildman–Crippen LogP) is 5.90. The monoisotopic (exact) mass is 1090 g/mol. The zero-order chi connectivity index (χ0) is 54.9. The minimum absolute atomic E-state index is 0.0640. The Balaban J connectivity index is 0.870. The molecule has 398 valence electrons. The fourth-order valence-electron chi connectivity index (χ4n) is 9.09. The summed E-state index contributed by atoms with van der Waals surface area (Å²) in [6, 6.07) is 18.0. The summed E-state index contributed by atoms with van der Waals surface area (Å²) >= 11 is 2.60. The van der Waals surface area contributed by atoms with Crippen LogP contribution < -0.4 is 35.2 Å². The summed E-state index contributed by atoms with van der Waals surface area (Å²) in [6.45, 7) is 6.06. The maximum absolute atomic E-state index is 14.0. The van der Waals surface area contributed by atoms with E-state index in [4.69, 9.17) is 37.6 Å². The Morgan fingerprint density at radius 1 is 0.805 bits per heavy atom. The van der Waals surface area contributed by atoms with E-state index in [0.717, 1.165) is 6.92 Å². The second-order valence-corrected chi connectivity index (χ2v) is 20.1. The first kappa shape index (κ1) is 53.5. The van der Waals surface area contributed by atoms with Crippen molar-refractivity contribution in [3.05, 3.63) is 128 Å². The van der Waals surface area contributed by atoms with Crippen LogP contribution >= 0.6 is 23.5 Å². The second kappa shape index (κ2) is 22.1. The van der Waals surface area contributed by atoms with Crippen molar-refractivity contribution in [1.29, 1.82) is 0 Å². The normalized spacial score (nSPS) is 16.4. The summed E-state index contributed by atoms with van der Waals surface area (Å²) < 4.78 is 44.1. The highest BCUT2D eigenvalue weighted by molar-refractivity contribution is 8.01. The van der Waals surface area contributed by atoms with Crippen molar-refractivity contribution < 1.29 is 80.7 Å². The minimum Gasteiger partial charge on any atom is -0.456 e. The van der Waals surface area contributed by atoms with E-state index < -0.39 is 77.1 Å². The maximum atomic E-state index is 14.0. The Morgan fingerprint density at radius 2 is 1.49 bits per heavy atom. The molecule has 21 nitrogen and oxygen atoms in total. The summed E-state index contributed by atoms with van der Waals surface area (Å²) in [4.78, 5) is 130. The van der Waals surface area contributed by atoms with Crippen molar-refractivity contribution in [3.8, 4) is 28.7 Å². The number of β-lactam (4-membered cyclic amide) rings is 1. The first-order chi connectivity index (χ1) is 36.8. The number of hydrogen-bond donors (Lipinski definition) is 2. The molecule has 2 atom stereocenters. The molecule has 2 N–H and O–H groups in total. The standard InChI is InChI=1S/C54H47N3O18S2/c1-6-7-45(62)73-41-21-42-30(16-26(41)2)17-37(51(65)74-42)48(63)55-15-14-32(61)22-56-46-49(64)57-47(53(67)69-25-68-27(3)58)31(24-77-50(46)57)23-76-35-10-13-38-36(20-35)52(66)75-54(38)39-11-8-33(70-28(4)59)18-43(39)72-44-19-34(71-29(5)60)9-12-40(44)54/h8-13,16-21,46,50,56H,6-7,14-15,22-25H2,1-5H3,(H,55,63). The van der Waals surface area contributed by atoms with Gasteiger partial charge in [-0.25, -0.2) is 14.4 Å². The average Bonchev–Trinajstić information content (AvgIpc) is 3.83. The highest BCUT2D eigenvalue weighted by Gasteiger charge is 2.55.